The van der Waals surface area contributed by atoms with Gasteiger partial charge in [0, 0.05) is 13.1 Å². The Balaban J connectivity index is 0.000000360. The molecule has 3 nitrogen and oxygen atoms in total. The Morgan fingerprint density at radius 3 is 1.86 bits per heavy atom. The molecule has 0 atom stereocenters. The maximum atomic E-state index is 5.01. The van der Waals surface area contributed by atoms with Crippen LogP contribution in [0.5, 0.6) is 0 Å². The first-order valence-electron chi connectivity index (χ1n) is 2.28. The maximum absolute atomic E-state index is 5.01. The lowest BCUT2D eigenvalue weighted by atomic mass is 10.5. The third-order valence-corrected chi connectivity index (χ3v) is 0.846. The molecule has 7 heavy (non-hydrogen) atoms. The van der Waals surface area contributed by atoms with E-state index in [0.717, 1.165) is 26.3 Å². The molecule has 4 N–H and O–H groups in total. The Kier molecular flexibility index (Phi) is 3.98. The molecule has 1 saturated heterocycles. The van der Waals surface area contributed by atoms with Gasteiger partial charge in [-0.2, -0.15) is 0 Å². The molecule has 0 amide bonds. The summed E-state index contributed by atoms with van der Waals surface area (Å²) in [6.45, 7) is 3.83. The molecule has 0 aromatic carbocycles. The van der Waals surface area contributed by atoms with Crippen LogP contribution in [0, 0.1) is 0 Å². The van der Waals surface area contributed by atoms with E-state index in [-0.39, 0.29) is 6.15 Å². The molecule has 1 aliphatic rings. The minimum Gasteiger partial charge on any atom is -0.379 e. The second-order valence-electron chi connectivity index (χ2n) is 1.36. The van der Waals surface area contributed by atoms with E-state index >= 15 is 0 Å². The Bertz CT molecular complexity index is 25.2. The summed E-state index contributed by atoms with van der Waals surface area (Å²) in [4.78, 5) is 0. The number of hydrogen-bond acceptors (Lipinski definition) is 3. The van der Waals surface area contributed by atoms with Gasteiger partial charge >= 0.3 is 0 Å². The van der Waals surface area contributed by atoms with E-state index in [0.29, 0.717) is 0 Å². The molecule has 1 fully saturated rings. The zero-order chi connectivity index (χ0) is 4.24. The molecule has 0 aromatic heterocycles. The highest BCUT2D eigenvalue weighted by Gasteiger charge is 1.92. The summed E-state index contributed by atoms with van der Waals surface area (Å²) in [5, 5.41) is 3.16. The molecular weight excluding hydrogens is 92.1 g/mol. The van der Waals surface area contributed by atoms with Crippen LogP contribution < -0.4 is 11.5 Å². The Hall–Kier alpha value is -0.120. The van der Waals surface area contributed by atoms with Crippen LogP contribution in [-0.4, -0.2) is 26.3 Å². The molecule has 0 aromatic rings. The Morgan fingerprint density at radius 2 is 1.71 bits per heavy atom. The van der Waals surface area contributed by atoms with Crippen LogP contribution >= 0.6 is 0 Å². The number of hydrogen-bond donors (Lipinski definition) is 2. The third-order valence-electron chi connectivity index (χ3n) is 0.846. The first kappa shape index (κ1) is 6.88. The van der Waals surface area contributed by atoms with Crippen molar-refractivity contribution in [1.29, 1.82) is 0 Å². The maximum Gasteiger partial charge on any atom is 0.0591 e. The van der Waals surface area contributed by atoms with Crippen LogP contribution in [0.25, 0.3) is 0 Å². The minimum atomic E-state index is 0. The van der Waals surface area contributed by atoms with Crippen LogP contribution in [0.2, 0.25) is 0 Å². The lowest BCUT2D eigenvalue weighted by Gasteiger charge is -2.10. The number of rotatable bonds is 0. The summed E-state index contributed by atoms with van der Waals surface area (Å²) in [6.07, 6.45) is 0. The predicted octanol–water partition coefficient (Wildman–Crippen LogP) is -0.232. The van der Waals surface area contributed by atoms with Crippen molar-refractivity contribution in [2.75, 3.05) is 26.3 Å². The fourth-order valence-electron chi connectivity index (χ4n) is 0.516. The van der Waals surface area contributed by atoms with Crippen molar-refractivity contribution in [3.05, 3.63) is 0 Å². The first-order valence-corrected chi connectivity index (χ1v) is 2.28. The molecule has 0 bridgehead atoms. The highest BCUT2D eigenvalue weighted by molar-refractivity contribution is 4.49. The van der Waals surface area contributed by atoms with E-state index in [1.54, 1.807) is 0 Å². The number of morpholine rings is 1. The molecule has 0 spiro atoms. The molecule has 0 radical (unpaired) electrons. The summed E-state index contributed by atoms with van der Waals surface area (Å²) < 4.78 is 5.01. The lowest BCUT2D eigenvalue weighted by Crippen LogP contribution is -2.30. The molecule has 1 heterocycles. The van der Waals surface area contributed by atoms with Gasteiger partial charge in [0.25, 0.3) is 0 Å². The van der Waals surface area contributed by atoms with Gasteiger partial charge in [-0.3, -0.25) is 0 Å². The van der Waals surface area contributed by atoms with Gasteiger partial charge < -0.3 is 16.2 Å². The van der Waals surface area contributed by atoms with Gasteiger partial charge in [-0.25, -0.2) is 0 Å². The van der Waals surface area contributed by atoms with Gasteiger partial charge in [0.1, 0.15) is 0 Å². The smallest absolute Gasteiger partial charge is 0.0591 e. The largest absolute Gasteiger partial charge is 0.379 e. The molecule has 0 unspecified atom stereocenters. The fraction of sp³-hybridized carbons (Fsp3) is 1.00. The summed E-state index contributed by atoms with van der Waals surface area (Å²) in [5.74, 6) is 0. The molecule has 1 rings (SSSR count). The SMILES string of the molecule is C1COCCN1.N. The highest BCUT2D eigenvalue weighted by Crippen LogP contribution is 1.76. The summed E-state index contributed by atoms with van der Waals surface area (Å²) in [5.41, 5.74) is 0. The standard InChI is InChI=1S/C4H9NO.H3N/c1-3-6-4-2-5-1;/h5H,1-4H2;1H3. The molecule has 0 aliphatic carbocycles. The van der Waals surface area contributed by atoms with Crippen LogP contribution in [0.15, 0.2) is 0 Å². The summed E-state index contributed by atoms with van der Waals surface area (Å²) >= 11 is 0. The van der Waals surface area contributed by atoms with Crippen LogP contribution in [-0.2, 0) is 4.74 Å². The molecule has 1 aliphatic heterocycles. The van der Waals surface area contributed by atoms with Crippen molar-refractivity contribution in [1.82, 2.24) is 11.5 Å². The molecular formula is C4H12N2O. The summed E-state index contributed by atoms with van der Waals surface area (Å²) in [7, 11) is 0. The zero-order valence-corrected chi connectivity index (χ0v) is 4.44. The van der Waals surface area contributed by atoms with E-state index in [1.807, 2.05) is 0 Å². The number of ether oxygens (including phenoxy) is 1. The normalized spacial score (nSPS) is 20.6. The third kappa shape index (κ3) is 2.56. The van der Waals surface area contributed by atoms with E-state index in [1.165, 1.54) is 0 Å². The van der Waals surface area contributed by atoms with Crippen molar-refractivity contribution in [3.8, 4) is 0 Å². The quantitative estimate of drug-likeness (QED) is 0.446. The topological polar surface area (TPSA) is 56.3 Å². The Morgan fingerprint density at radius 1 is 1.14 bits per heavy atom. The zero-order valence-electron chi connectivity index (χ0n) is 4.44. The van der Waals surface area contributed by atoms with Gasteiger partial charge in [-0.1, -0.05) is 0 Å². The van der Waals surface area contributed by atoms with Crippen LogP contribution in [0.1, 0.15) is 0 Å². The minimum absolute atomic E-state index is 0. The van der Waals surface area contributed by atoms with Gasteiger partial charge in [-0.05, 0) is 0 Å². The van der Waals surface area contributed by atoms with Crippen molar-refractivity contribution >= 4 is 0 Å². The van der Waals surface area contributed by atoms with Gasteiger partial charge in [0.15, 0.2) is 0 Å². The average Bonchev–Trinajstić information content (AvgIpc) is 1.72. The van der Waals surface area contributed by atoms with Gasteiger partial charge in [0.2, 0.25) is 0 Å². The molecule has 0 saturated carbocycles. The van der Waals surface area contributed by atoms with E-state index in [4.69, 9.17) is 4.74 Å². The van der Waals surface area contributed by atoms with Crippen molar-refractivity contribution in [2.24, 2.45) is 0 Å². The van der Waals surface area contributed by atoms with E-state index in [2.05, 4.69) is 5.32 Å². The van der Waals surface area contributed by atoms with Gasteiger partial charge in [0.05, 0.1) is 13.2 Å². The number of nitrogens with one attached hydrogen (secondary N) is 1. The van der Waals surface area contributed by atoms with Crippen molar-refractivity contribution in [2.45, 2.75) is 0 Å². The van der Waals surface area contributed by atoms with Crippen molar-refractivity contribution in [3.63, 3.8) is 0 Å². The van der Waals surface area contributed by atoms with Crippen molar-refractivity contribution < 1.29 is 4.74 Å². The second kappa shape index (κ2) is 4.05. The molecule has 3 heteroatoms. The predicted molar refractivity (Wildman–Crippen MR) is 28.7 cm³/mol. The van der Waals surface area contributed by atoms with E-state index in [9.17, 15) is 0 Å². The highest BCUT2D eigenvalue weighted by atomic mass is 16.5. The molecule has 44 valence electrons. The van der Waals surface area contributed by atoms with Crippen LogP contribution in [0.3, 0.4) is 0 Å². The van der Waals surface area contributed by atoms with Gasteiger partial charge in [-0.15, -0.1) is 0 Å². The second-order valence-corrected chi connectivity index (χ2v) is 1.36. The Labute approximate surface area is 43.6 Å². The summed E-state index contributed by atoms with van der Waals surface area (Å²) in [6, 6.07) is 0. The average molecular weight is 104 g/mol. The van der Waals surface area contributed by atoms with E-state index < -0.39 is 0 Å². The lowest BCUT2D eigenvalue weighted by molar-refractivity contribution is 0.109. The fourth-order valence-corrected chi connectivity index (χ4v) is 0.516. The van der Waals surface area contributed by atoms with Crippen LogP contribution in [0.4, 0.5) is 0 Å². The monoisotopic (exact) mass is 104 g/mol. The first-order chi connectivity index (χ1) is 3.00.